The number of halogens is 6. The number of nitrogens with zero attached hydrogens (tertiary/aromatic N) is 2. The molecule has 0 radical (unpaired) electrons. The Morgan fingerprint density at radius 1 is 1.00 bits per heavy atom. The van der Waals surface area contributed by atoms with Crippen molar-refractivity contribution < 1.29 is 31.4 Å². The van der Waals surface area contributed by atoms with E-state index in [4.69, 9.17) is 5.11 Å². The Morgan fingerprint density at radius 2 is 1.67 bits per heavy atom. The fraction of sp³-hybridized carbons (Fsp3) is 0.250. The van der Waals surface area contributed by atoms with Gasteiger partial charge < -0.3 is 5.11 Å². The maximum atomic E-state index is 12.8. The molecule has 9 heteroatoms. The number of benzene rings is 1. The maximum absolute atomic E-state index is 12.8. The fourth-order valence-electron chi connectivity index (χ4n) is 1.73. The molecule has 0 fully saturated rings. The second-order valence-electron chi connectivity index (χ2n) is 4.14. The number of rotatable bonds is 2. The largest absolute Gasteiger partial charge is 0.435 e. The first-order valence-corrected chi connectivity index (χ1v) is 5.57. The normalized spacial score (nSPS) is 12.7. The second-order valence-corrected chi connectivity index (χ2v) is 4.14. The standard InChI is InChI=1S/C12H8F6N2O/c13-11(14,15)9-5-8(2-1-7(9)6-21)20-4-3-10(19-20)12(16,17)18/h1-5,21H,6H2. The summed E-state index contributed by atoms with van der Waals surface area (Å²) in [5, 5.41) is 12.1. The van der Waals surface area contributed by atoms with Gasteiger partial charge in [-0.05, 0) is 23.8 Å². The lowest BCUT2D eigenvalue weighted by Crippen LogP contribution is -2.11. The molecule has 0 unspecified atom stereocenters. The average Bonchev–Trinajstić information content (AvgIpc) is 2.86. The van der Waals surface area contributed by atoms with Gasteiger partial charge in [-0.1, -0.05) is 6.07 Å². The quantitative estimate of drug-likeness (QED) is 0.863. The highest BCUT2D eigenvalue weighted by Gasteiger charge is 2.35. The van der Waals surface area contributed by atoms with E-state index in [9.17, 15) is 26.3 Å². The summed E-state index contributed by atoms with van der Waals surface area (Å²) in [6, 6.07) is 3.44. The van der Waals surface area contributed by atoms with Crippen molar-refractivity contribution >= 4 is 0 Å². The molecule has 2 rings (SSSR count). The molecule has 0 aliphatic carbocycles. The highest BCUT2D eigenvalue weighted by atomic mass is 19.4. The predicted molar refractivity (Wildman–Crippen MR) is 59.5 cm³/mol. The van der Waals surface area contributed by atoms with E-state index >= 15 is 0 Å². The van der Waals surface area contributed by atoms with E-state index in [1.54, 1.807) is 0 Å². The summed E-state index contributed by atoms with van der Waals surface area (Å²) in [4.78, 5) is 0. The van der Waals surface area contributed by atoms with E-state index in [0.717, 1.165) is 18.3 Å². The SMILES string of the molecule is OCc1ccc(-n2ccc(C(F)(F)F)n2)cc1C(F)(F)F. The van der Waals surface area contributed by atoms with Crippen molar-refractivity contribution in [2.24, 2.45) is 0 Å². The molecule has 114 valence electrons. The average molecular weight is 310 g/mol. The smallest absolute Gasteiger partial charge is 0.392 e. The topological polar surface area (TPSA) is 38.0 Å². The van der Waals surface area contributed by atoms with E-state index < -0.39 is 30.2 Å². The lowest BCUT2D eigenvalue weighted by Gasteiger charge is -2.13. The van der Waals surface area contributed by atoms with Gasteiger partial charge in [-0.15, -0.1) is 0 Å². The summed E-state index contributed by atoms with van der Waals surface area (Å²) in [5.74, 6) is 0. The molecule has 0 aliphatic rings. The molecule has 1 aromatic carbocycles. The highest BCUT2D eigenvalue weighted by Crippen LogP contribution is 2.34. The third-order valence-electron chi connectivity index (χ3n) is 2.71. The zero-order valence-electron chi connectivity index (χ0n) is 10.2. The van der Waals surface area contributed by atoms with Gasteiger partial charge in [-0.25, -0.2) is 4.68 Å². The molecular formula is C12H8F6N2O. The number of aromatic nitrogens is 2. The molecule has 3 nitrogen and oxygen atoms in total. The summed E-state index contributed by atoms with van der Waals surface area (Å²) in [6.45, 7) is -0.831. The number of aliphatic hydroxyl groups excluding tert-OH is 1. The minimum atomic E-state index is -4.73. The van der Waals surface area contributed by atoms with Crippen LogP contribution in [0, 0.1) is 0 Å². The Labute approximate surface area is 114 Å². The first kappa shape index (κ1) is 15.4. The van der Waals surface area contributed by atoms with E-state index in [0.29, 0.717) is 16.8 Å². The van der Waals surface area contributed by atoms with Gasteiger partial charge in [0.25, 0.3) is 0 Å². The molecule has 0 spiro atoms. The second kappa shape index (κ2) is 5.06. The molecule has 1 aromatic heterocycles. The Bertz CT molecular complexity index is 644. The van der Waals surface area contributed by atoms with Crippen LogP contribution in [0.3, 0.4) is 0 Å². The summed E-state index contributed by atoms with van der Waals surface area (Å²) in [6.07, 6.45) is -8.49. The van der Waals surface area contributed by atoms with Crippen LogP contribution in [0.2, 0.25) is 0 Å². The Morgan fingerprint density at radius 3 is 2.14 bits per heavy atom. The molecule has 0 atom stereocenters. The fourth-order valence-corrected chi connectivity index (χ4v) is 1.73. The number of hydrogen-bond acceptors (Lipinski definition) is 2. The summed E-state index contributed by atoms with van der Waals surface area (Å²) in [7, 11) is 0. The summed E-state index contributed by atoms with van der Waals surface area (Å²) >= 11 is 0. The van der Waals surface area contributed by atoms with Crippen molar-refractivity contribution in [3.8, 4) is 5.69 Å². The van der Waals surface area contributed by atoms with Crippen LogP contribution in [0.5, 0.6) is 0 Å². The van der Waals surface area contributed by atoms with E-state index in [2.05, 4.69) is 5.10 Å². The van der Waals surface area contributed by atoms with Gasteiger partial charge in [-0.2, -0.15) is 31.4 Å². The summed E-state index contributed by atoms with van der Waals surface area (Å²) < 4.78 is 76.4. The molecule has 0 saturated heterocycles. The van der Waals surface area contributed by atoms with E-state index in [1.807, 2.05) is 0 Å². The molecule has 0 aliphatic heterocycles. The van der Waals surface area contributed by atoms with Crippen LogP contribution in [0.15, 0.2) is 30.5 Å². The third kappa shape index (κ3) is 3.18. The zero-order valence-corrected chi connectivity index (χ0v) is 10.2. The van der Waals surface area contributed by atoms with Gasteiger partial charge in [0.15, 0.2) is 5.69 Å². The van der Waals surface area contributed by atoms with Crippen molar-refractivity contribution in [2.75, 3.05) is 0 Å². The molecule has 0 bridgehead atoms. The number of alkyl halides is 6. The van der Waals surface area contributed by atoms with Gasteiger partial charge >= 0.3 is 12.4 Å². The van der Waals surface area contributed by atoms with Crippen LogP contribution in [-0.4, -0.2) is 14.9 Å². The molecular weight excluding hydrogens is 302 g/mol. The van der Waals surface area contributed by atoms with Crippen molar-refractivity contribution in [3.63, 3.8) is 0 Å². The lowest BCUT2D eigenvalue weighted by atomic mass is 10.1. The van der Waals surface area contributed by atoms with Crippen LogP contribution >= 0.6 is 0 Å². The summed E-state index contributed by atoms with van der Waals surface area (Å²) in [5.41, 5.74) is -2.88. The number of hydrogen-bond donors (Lipinski definition) is 1. The molecule has 2 aromatic rings. The zero-order chi connectivity index (χ0) is 15.8. The van der Waals surface area contributed by atoms with Gasteiger partial charge in [0.2, 0.25) is 0 Å². The van der Waals surface area contributed by atoms with Crippen molar-refractivity contribution in [3.05, 3.63) is 47.3 Å². The van der Waals surface area contributed by atoms with Gasteiger partial charge in [0.05, 0.1) is 17.9 Å². The highest BCUT2D eigenvalue weighted by molar-refractivity contribution is 5.41. The van der Waals surface area contributed by atoms with Crippen LogP contribution in [0.25, 0.3) is 5.69 Å². The minimum Gasteiger partial charge on any atom is -0.392 e. The monoisotopic (exact) mass is 310 g/mol. The van der Waals surface area contributed by atoms with Crippen LogP contribution < -0.4 is 0 Å². The van der Waals surface area contributed by atoms with Crippen molar-refractivity contribution in [1.29, 1.82) is 0 Å². The van der Waals surface area contributed by atoms with E-state index in [-0.39, 0.29) is 11.3 Å². The Kier molecular flexibility index (Phi) is 3.70. The van der Waals surface area contributed by atoms with Crippen LogP contribution in [0.1, 0.15) is 16.8 Å². The van der Waals surface area contributed by atoms with Gasteiger partial charge in [0, 0.05) is 6.20 Å². The van der Waals surface area contributed by atoms with Crippen molar-refractivity contribution in [1.82, 2.24) is 9.78 Å². The molecule has 1 N–H and O–H groups in total. The first-order chi connectivity index (χ1) is 9.63. The lowest BCUT2D eigenvalue weighted by molar-refractivity contribution is -0.141. The first-order valence-electron chi connectivity index (χ1n) is 5.57. The van der Waals surface area contributed by atoms with E-state index in [1.165, 1.54) is 0 Å². The third-order valence-corrected chi connectivity index (χ3v) is 2.71. The van der Waals surface area contributed by atoms with Crippen molar-refractivity contribution in [2.45, 2.75) is 19.0 Å². The molecule has 0 amide bonds. The van der Waals surface area contributed by atoms with Gasteiger partial charge in [-0.3, -0.25) is 0 Å². The van der Waals surface area contributed by atoms with Crippen LogP contribution in [-0.2, 0) is 19.0 Å². The Hall–Kier alpha value is -2.03. The van der Waals surface area contributed by atoms with Gasteiger partial charge in [0.1, 0.15) is 0 Å². The molecule has 21 heavy (non-hydrogen) atoms. The predicted octanol–water partition coefficient (Wildman–Crippen LogP) is 3.40. The minimum absolute atomic E-state index is 0.185. The number of aliphatic hydroxyl groups is 1. The van der Waals surface area contributed by atoms with Crippen LogP contribution in [0.4, 0.5) is 26.3 Å². The Balaban J connectivity index is 2.48. The molecule has 0 saturated carbocycles. The maximum Gasteiger partial charge on any atom is 0.435 e. The molecule has 1 heterocycles.